The number of carbonyl (C=O) groups excluding carboxylic acids is 1. The molecule has 0 unspecified atom stereocenters. The summed E-state index contributed by atoms with van der Waals surface area (Å²) in [6, 6.07) is 0. The Morgan fingerprint density at radius 1 is 1.48 bits per heavy atom. The first-order valence-electron chi connectivity index (χ1n) is 6.97. The summed E-state index contributed by atoms with van der Waals surface area (Å²) < 4.78 is 6.73. The molecule has 1 N–H and O–H groups in total. The van der Waals surface area contributed by atoms with E-state index in [1.54, 1.807) is 6.92 Å². The summed E-state index contributed by atoms with van der Waals surface area (Å²) in [4.78, 5) is 15.8. The van der Waals surface area contributed by atoms with E-state index in [4.69, 9.17) is 4.74 Å². The van der Waals surface area contributed by atoms with Crippen LogP contribution in [0.4, 0.5) is 5.13 Å². The number of hydrogen-bond acceptors (Lipinski definition) is 6. The van der Waals surface area contributed by atoms with Gasteiger partial charge in [0.15, 0.2) is 5.13 Å². The van der Waals surface area contributed by atoms with Crippen molar-refractivity contribution in [3.8, 4) is 0 Å². The smallest absolute Gasteiger partial charge is 0.311 e. The van der Waals surface area contributed by atoms with Gasteiger partial charge in [-0.15, -0.1) is 11.3 Å². The fourth-order valence-corrected chi connectivity index (χ4v) is 2.74. The van der Waals surface area contributed by atoms with Crippen LogP contribution in [0.5, 0.6) is 0 Å². The van der Waals surface area contributed by atoms with Gasteiger partial charge in [-0.25, -0.2) is 4.98 Å². The molecule has 0 aliphatic carbocycles. The first kappa shape index (κ1) is 15.5. The van der Waals surface area contributed by atoms with E-state index in [0.717, 1.165) is 22.9 Å². The van der Waals surface area contributed by atoms with Crippen LogP contribution >= 0.6 is 11.3 Å². The minimum absolute atomic E-state index is 0.221. The van der Waals surface area contributed by atoms with Crippen LogP contribution in [0.3, 0.4) is 0 Å². The molecule has 2 rings (SSSR count). The van der Waals surface area contributed by atoms with E-state index < -0.39 is 0 Å². The number of aryl methyl sites for hydroxylation is 2. The molecule has 2 aromatic rings. The van der Waals surface area contributed by atoms with E-state index in [9.17, 15) is 4.79 Å². The van der Waals surface area contributed by atoms with Crippen molar-refractivity contribution in [3.05, 3.63) is 28.5 Å². The van der Waals surface area contributed by atoms with Gasteiger partial charge in [-0.05, 0) is 13.3 Å². The van der Waals surface area contributed by atoms with Crippen molar-refractivity contribution >= 4 is 22.4 Å². The van der Waals surface area contributed by atoms with Crippen LogP contribution in [-0.4, -0.2) is 27.3 Å². The molecule has 0 bridgehead atoms. The highest BCUT2D eigenvalue weighted by atomic mass is 32.1. The summed E-state index contributed by atoms with van der Waals surface area (Å²) in [6.45, 7) is 4.97. The molecule has 0 spiro atoms. The van der Waals surface area contributed by atoms with Crippen LogP contribution in [0.15, 0.2) is 11.6 Å². The Kier molecular flexibility index (Phi) is 5.32. The van der Waals surface area contributed by atoms with Crippen molar-refractivity contribution in [3.63, 3.8) is 0 Å². The lowest BCUT2D eigenvalue weighted by Gasteiger charge is -2.02. The molecule has 2 aromatic heterocycles. The zero-order chi connectivity index (χ0) is 15.2. The monoisotopic (exact) mass is 308 g/mol. The van der Waals surface area contributed by atoms with E-state index in [0.29, 0.717) is 13.2 Å². The largest absolute Gasteiger partial charge is 0.466 e. The second kappa shape index (κ2) is 7.21. The predicted octanol–water partition coefficient (Wildman–Crippen LogP) is 2.16. The molecule has 0 saturated heterocycles. The van der Waals surface area contributed by atoms with E-state index in [-0.39, 0.29) is 12.4 Å². The zero-order valence-electron chi connectivity index (χ0n) is 12.5. The molecule has 0 amide bonds. The van der Waals surface area contributed by atoms with E-state index in [1.165, 1.54) is 16.9 Å². The molecule has 0 aliphatic rings. The SMILES string of the molecule is CCOC(=O)Cc1csc(NCc2cn(C)nc2CC)n1. The molecule has 0 fully saturated rings. The highest BCUT2D eigenvalue weighted by Gasteiger charge is 2.10. The molecule has 21 heavy (non-hydrogen) atoms. The number of rotatable bonds is 7. The molecule has 2 heterocycles. The third kappa shape index (κ3) is 4.29. The van der Waals surface area contributed by atoms with Gasteiger partial charge in [0.05, 0.1) is 24.4 Å². The van der Waals surface area contributed by atoms with Gasteiger partial charge in [0, 0.05) is 30.7 Å². The first-order valence-corrected chi connectivity index (χ1v) is 7.85. The van der Waals surface area contributed by atoms with Gasteiger partial charge < -0.3 is 10.1 Å². The maximum absolute atomic E-state index is 11.4. The Balaban J connectivity index is 1.92. The number of nitrogens with zero attached hydrogens (tertiary/aromatic N) is 3. The Morgan fingerprint density at radius 3 is 3.00 bits per heavy atom. The molecule has 114 valence electrons. The molecule has 0 atom stereocenters. The fraction of sp³-hybridized carbons (Fsp3) is 0.500. The summed E-state index contributed by atoms with van der Waals surface area (Å²) >= 11 is 1.49. The molecular formula is C14H20N4O2S. The van der Waals surface area contributed by atoms with Crippen molar-refractivity contribution in [2.45, 2.75) is 33.2 Å². The van der Waals surface area contributed by atoms with E-state index in [1.807, 2.05) is 23.3 Å². The molecular weight excluding hydrogens is 288 g/mol. The lowest BCUT2D eigenvalue weighted by molar-refractivity contribution is -0.142. The fourth-order valence-electron chi connectivity index (χ4n) is 2.03. The summed E-state index contributed by atoms with van der Waals surface area (Å²) in [7, 11) is 1.92. The highest BCUT2D eigenvalue weighted by molar-refractivity contribution is 7.13. The number of anilines is 1. The number of esters is 1. The third-order valence-corrected chi connectivity index (χ3v) is 3.79. The van der Waals surface area contributed by atoms with E-state index in [2.05, 4.69) is 22.3 Å². The molecule has 0 aromatic carbocycles. The number of nitrogens with one attached hydrogen (secondary N) is 1. The van der Waals surface area contributed by atoms with Gasteiger partial charge in [0.2, 0.25) is 0 Å². The van der Waals surface area contributed by atoms with Crippen molar-refractivity contribution < 1.29 is 9.53 Å². The van der Waals surface area contributed by atoms with Crippen molar-refractivity contribution in [2.75, 3.05) is 11.9 Å². The second-order valence-corrected chi connectivity index (χ2v) is 5.47. The van der Waals surface area contributed by atoms with Crippen molar-refractivity contribution in [2.24, 2.45) is 7.05 Å². The van der Waals surface area contributed by atoms with Crippen LogP contribution in [0.25, 0.3) is 0 Å². The molecule has 0 radical (unpaired) electrons. The third-order valence-electron chi connectivity index (χ3n) is 2.94. The summed E-state index contributed by atoms with van der Waals surface area (Å²) in [6.07, 6.45) is 3.14. The normalized spacial score (nSPS) is 10.6. The van der Waals surface area contributed by atoms with Gasteiger partial charge in [-0.1, -0.05) is 6.92 Å². The summed E-state index contributed by atoms with van der Waals surface area (Å²) in [5.74, 6) is -0.241. The quantitative estimate of drug-likeness (QED) is 0.794. The molecule has 0 aliphatic heterocycles. The van der Waals surface area contributed by atoms with Crippen LogP contribution < -0.4 is 5.32 Å². The number of ether oxygens (including phenoxy) is 1. The second-order valence-electron chi connectivity index (χ2n) is 4.61. The van der Waals surface area contributed by atoms with Gasteiger partial charge in [-0.2, -0.15) is 5.10 Å². The number of thiazole rings is 1. The standard InChI is InChI=1S/C14H20N4O2S/c1-4-12-10(8-18(3)17-12)7-15-14-16-11(9-21-14)6-13(19)20-5-2/h8-9H,4-7H2,1-3H3,(H,15,16). The number of carbonyl (C=O) groups is 1. The lowest BCUT2D eigenvalue weighted by atomic mass is 10.2. The number of aromatic nitrogens is 3. The van der Waals surface area contributed by atoms with Gasteiger partial charge in [-0.3, -0.25) is 9.48 Å². The van der Waals surface area contributed by atoms with Gasteiger partial charge >= 0.3 is 5.97 Å². The Morgan fingerprint density at radius 2 is 2.29 bits per heavy atom. The van der Waals surface area contributed by atoms with Crippen LogP contribution in [0, 0.1) is 0 Å². The minimum Gasteiger partial charge on any atom is -0.466 e. The average Bonchev–Trinajstić information content (AvgIpc) is 3.03. The topological polar surface area (TPSA) is 69.0 Å². The van der Waals surface area contributed by atoms with Crippen LogP contribution in [-0.2, 0) is 36.0 Å². The minimum atomic E-state index is -0.241. The van der Waals surface area contributed by atoms with Crippen LogP contribution in [0.2, 0.25) is 0 Å². The van der Waals surface area contributed by atoms with Crippen LogP contribution in [0.1, 0.15) is 30.8 Å². The summed E-state index contributed by atoms with van der Waals surface area (Å²) in [5, 5.41) is 10.4. The Labute approximate surface area is 128 Å². The first-order chi connectivity index (χ1) is 10.1. The predicted molar refractivity (Wildman–Crippen MR) is 82.4 cm³/mol. The summed E-state index contributed by atoms with van der Waals surface area (Å²) in [5.41, 5.74) is 3.00. The zero-order valence-corrected chi connectivity index (χ0v) is 13.4. The average molecular weight is 308 g/mol. The molecule has 7 heteroatoms. The van der Waals surface area contributed by atoms with Crippen molar-refractivity contribution in [1.29, 1.82) is 0 Å². The number of hydrogen-bond donors (Lipinski definition) is 1. The molecule has 6 nitrogen and oxygen atoms in total. The lowest BCUT2D eigenvalue weighted by Crippen LogP contribution is -2.08. The Bertz CT molecular complexity index is 606. The Hall–Kier alpha value is -1.89. The van der Waals surface area contributed by atoms with E-state index >= 15 is 0 Å². The maximum Gasteiger partial charge on any atom is 0.311 e. The highest BCUT2D eigenvalue weighted by Crippen LogP contribution is 2.18. The maximum atomic E-state index is 11.4. The van der Waals surface area contributed by atoms with Gasteiger partial charge in [0.1, 0.15) is 0 Å². The molecule has 0 saturated carbocycles. The van der Waals surface area contributed by atoms with Gasteiger partial charge in [0.25, 0.3) is 0 Å². The van der Waals surface area contributed by atoms with Crippen molar-refractivity contribution in [1.82, 2.24) is 14.8 Å².